The van der Waals surface area contributed by atoms with Crippen LogP contribution in [0.4, 0.5) is 13.2 Å². The molecule has 1 aliphatic rings. The first kappa shape index (κ1) is 11.3. The summed E-state index contributed by atoms with van der Waals surface area (Å²) in [5, 5.41) is 1.83. The van der Waals surface area contributed by atoms with E-state index in [1.54, 1.807) is 12.1 Å². The van der Waals surface area contributed by atoms with Crippen LogP contribution in [0.25, 0.3) is 0 Å². The molecule has 6 heteroatoms. The minimum atomic E-state index is -4.34. The van der Waals surface area contributed by atoms with E-state index < -0.39 is 11.9 Å². The summed E-state index contributed by atoms with van der Waals surface area (Å²) in [7, 11) is 0. The molecule has 2 heterocycles. The number of nitrogens with zero attached hydrogens (tertiary/aromatic N) is 2. The third-order valence-electron chi connectivity index (χ3n) is 2.17. The van der Waals surface area contributed by atoms with Gasteiger partial charge < -0.3 is 0 Å². The van der Waals surface area contributed by atoms with Gasteiger partial charge in [0.2, 0.25) is 0 Å². The van der Waals surface area contributed by atoms with Crippen molar-refractivity contribution in [3.05, 3.63) is 22.4 Å². The van der Waals surface area contributed by atoms with Gasteiger partial charge in [0, 0.05) is 11.3 Å². The minimum absolute atomic E-state index is 0.115. The summed E-state index contributed by atoms with van der Waals surface area (Å²) in [4.78, 5) is 8.47. The number of alkyl halides is 3. The van der Waals surface area contributed by atoms with Crippen molar-refractivity contribution >= 4 is 22.8 Å². The third kappa shape index (κ3) is 2.49. The average molecular weight is 246 g/mol. The molecule has 0 amide bonds. The number of halogens is 3. The lowest BCUT2D eigenvalue weighted by Gasteiger charge is -2.09. The molecule has 2 rings (SSSR count). The van der Waals surface area contributed by atoms with Crippen molar-refractivity contribution < 1.29 is 13.2 Å². The molecule has 0 N–H and O–H groups in total. The monoisotopic (exact) mass is 246 g/mol. The third-order valence-corrected chi connectivity index (χ3v) is 3.09. The lowest BCUT2D eigenvalue weighted by atomic mass is 10.1. The van der Waals surface area contributed by atoms with E-state index in [1.165, 1.54) is 11.3 Å². The van der Waals surface area contributed by atoms with Gasteiger partial charge in [-0.2, -0.15) is 13.2 Å². The summed E-state index contributed by atoms with van der Waals surface area (Å²) in [6, 6.07) is 3.58. The van der Waals surface area contributed by atoms with Crippen LogP contribution in [-0.4, -0.2) is 30.7 Å². The van der Waals surface area contributed by atoms with Crippen LogP contribution < -0.4 is 0 Å². The highest BCUT2D eigenvalue weighted by atomic mass is 32.1. The molecule has 0 aliphatic carbocycles. The summed E-state index contributed by atoms with van der Waals surface area (Å²) in [6.45, 7) is 0.441. The van der Waals surface area contributed by atoms with E-state index in [-0.39, 0.29) is 13.0 Å². The number of hydrogen-bond acceptors (Lipinski definition) is 3. The van der Waals surface area contributed by atoms with Gasteiger partial charge >= 0.3 is 6.18 Å². The first-order valence-electron chi connectivity index (χ1n) is 4.75. The van der Waals surface area contributed by atoms with Crippen LogP contribution in [0.2, 0.25) is 0 Å². The summed E-state index contributed by atoms with van der Waals surface area (Å²) >= 11 is 1.40. The standard InChI is InChI=1S/C10H9F3N2S/c11-10(12,13)9-6-7(14-3-4-15-9)8-2-1-5-16-8/h1-2,5H,3-4,6H2. The maximum absolute atomic E-state index is 12.6. The van der Waals surface area contributed by atoms with Crippen molar-refractivity contribution in [2.45, 2.75) is 12.6 Å². The van der Waals surface area contributed by atoms with Crippen LogP contribution in [0, 0.1) is 0 Å². The smallest absolute Gasteiger partial charge is 0.286 e. The van der Waals surface area contributed by atoms with Crippen LogP contribution >= 0.6 is 11.3 Å². The van der Waals surface area contributed by atoms with Crippen molar-refractivity contribution in [1.29, 1.82) is 0 Å². The Kier molecular flexibility index (Phi) is 3.09. The van der Waals surface area contributed by atoms with Gasteiger partial charge in [0.15, 0.2) is 0 Å². The van der Waals surface area contributed by atoms with Crippen LogP contribution in [0.5, 0.6) is 0 Å². The Hall–Kier alpha value is -1.17. The summed E-state index contributed by atoms with van der Waals surface area (Å²) in [5.74, 6) is 0. The van der Waals surface area contributed by atoms with Crippen LogP contribution in [-0.2, 0) is 0 Å². The number of aliphatic imine (C=N–C) groups is 2. The number of thiophene rings is 1. The van der Waals surface area contributed by atoms with E-state index in [1.807, 2.05) is 5.38 Å². The van der Waals surface area contributed by atoms with E-state index in [4.69, 9.17) is 0 Å². The van der Waals surface area contributed by atoms with Crippen molar-refractivity contribution in [1.82, 2.24) is 0 Å². The first-order chi connectivity index (χ1) is 7.57. The fourth-order valence-electron chi connectivity index (χ4n) is 1.44. The Morgan fingerprint density at radius 2 is 1.94 bits per heavy atom. The maximum Gasteiger partial charge on any atom is 0.429 e. The average Bonchev–Trinajstić information content (AvgIpc) is 2.60. The quantitative estimate of drug-likeness (QED) is 0.728. The Bertz CT molecular complexity index is 418. The second kappa shape index (κ2) is 4.37. The highest BCUT2D eigenvalue weighted by molar-refractivity contribution is 7.12. The molecule has 0 unspecified atom stereocenters. The van der Waals surface area contributed by atoms with Crippen molar-refractivity contribution in [2.24, 2.45) is 9.98 Å². The maximum atomic E-state index is 12.6. The fourth-order valence-corrected chi connectivity index (χ4v) is 2.17. The van der Waals surface area contributed by atoms with E-state index in [0.29, 0.717) is 12.3 Å². The van der Waals surface area contributed by atoms with Gasteiger partial charge in [0.25, 0.3) is 0 Å². The topological polar surface area (TPSA) is 24.7 Å². The first-order valence-corrected chi connectivity index (χ1v) is 5.63. The van der Waals surface area contributed by atoms with E-state index in [0.717, 1.165) is 4.88 Å². The zero-order valence-corrected chi connectivity index (χ0v) is 9.11. The molecule has 2 nitrogen and oxygen atoms in total. The van der Waals surface area contributed by atoms with E-state index in [2.05, 4.69) is 9.98 Å². The summed E-state index contributed by atoms with van der Waals surface area (Å²) in [6.07, 6.45) is -4.56. The van der Waals surface area contributed by atoms with Gasteiger partial charge in [-0.3, -0.25) is 9.98 Å². The Balaban J connectivity index is 2.24. The molecule has 16 heavy (non-hydrogen) atoms. The second-order valence-electron chi connectivity index (χ2n) is 3.31. The predicted molar refractivity (Wildman–Crippen MR) is 58.7 cm³/mol. The molecule has 0 radical (unpaired) electrons. The Morgan fingerprint density at radius 3 is 2.56 bits per heavy atom. The van der Waals surface area contributed by atoms with Crippen LogP contribution in [0.1, 0.15) is 11.3 Å². The lowest BCUT2D eigenvalue weighted by molar-refractivity contribution is -0.0599. The number of hydrogen-bond donors (Lipinski definition) is 0. The highest BCUT2D eigenvalue weighted by Gasteiger charge is 2.36. The SMILES string of the molecule is FC(F)(F)C1=NCCN=C(c2cccs2)C1. The lowest BCUT2D eigenvalue weighted by Crippen LogP contribution is -2.25. The van der Waals surface area contributed by atoms with Crippen LogP contribution in [0.15, 0.2) is 27.5 Å². The second-order valence-corrected chi connectivity index (χ2v) is 4.26. The van der Waals surface area contributed by atoms with Crippen molar-refractivity contribution in [2.75, 3.05) is 13.1 Å². The molecule has 1 aromatic rings. The van der Waals surface area contributed by atoms with Gasteiger partial charge in [0.1, 0.15) is 5.71 Å². The van der Waals surface area contributed by atoms with E-state index >= 15 is 0 Å². The fraction of sp³-hybridized carbons (Fsp3) is 0.400. The molecule has 0 spiro atoms. The van der Waals surface area contributed by atoms with Gasteiger partial charge in [-0.25, -0.2) is 0 Å². The van der Waals surface area contributed by atoms with Gasteiger partial charge in [-0.1, -0.05) is 6.07 Å². The summed E-state index contributed by atoms with van der Waals surface area (Å²) in [5.41, 5.74) is -0.235. The molecule has 0 atom stereocenters. The molecule has 0 bridgehead atoms. The zero-order chi connectivity index (χ0) is 11.6. The predicted octanol–water partition coefficient (Wildman–Crippen LogP) is 2.94. The minimum Gasteiger partial charge on any atom is -0.286 e. The molecule has 1 aliphatic heterocycles. The molecule has 0 saturated heterocycles. The summed E-state index contributed by atoms with van der Waals surface area (Å²) < 4.78 is 37.7. The molecular weight excluding hydrogens is 237 g/mol. The molecule has 1 aromatic heterocycles. The van der Waals surface area contributed by atoms with Gasteiger partial charge in [0.05, 0.1) is 18.8 Å². The molecule has 0 fully saturated rings. The molecule has 0 saturated carbocycles. The molecule has 86 valence electrons. The molecule has 0 aromatic carbocycles. The van der Waals surface area contributed by atoms with E-state index in [9.17, 15) is 13.2 Å². The zero-order valence-electron chi connectivity index (χ0n) is 8.29. The highest BCUT2D eigenvalue weighted by Crippen LogP contribution is 2.23. The van der Waals surface area contributed by atoms with Gasteiger partial charge in [-0.15, -0.1) is 11.3 Å². The Morgan fingerprint density at radius 1 is 1.19 bits per heavy atom. The van der Waals surface area contributed by atoms with Crippen molar-refractivity contribution in [3.8, 4) is 0 Å². The number of rotatable bonds is 1. The molecular formula is C10H9F3N2S. The van der Waals surface area contributed by atoms with Gasteiger partial charge in [-0.05, 0) is 11.4 Å². The van der Waals surface area contributed by atoms with Crippen LogP contribution in [0.3, 0.4) is 0 Å². The van der Waals surface area contributed by atoms with Crippen molar-refractivity contribution in [3.63, 3.8) is 0 Å². The normalized spacial score (nSPS) is 17.7. The largest absolute Gasteiger partial charge is 0.429 e. The Labute approximate surface area is 94.5 Å².